The Morgan fingerprint density at radius 3 is 2.96 bits per heavy atom. The lowest BCUT2D eigenvalue weighted by atomic mass is 10.00. The number of carbonyl (C=O) groups is 1. The Morgan fingerprint density at radius 2 is 2.30 bits per heavy atom. The van der Waals surface area contributed by atoms with Crippen molar-refractivity contribution in [3.05, 3.63) is 53.8 Å². The Kier molecular flexibility index (Phi) is 3.65. The summed E-state index contributed by atoms with van der Waals surface area (Å²) in [5.74, 6) is -1.05. The molecule has 0 spiro atoms. The Hall–Kier alpha value is -2.67. The topological polar surface area (TPSA) is 80.3 Å². The Morgan fingerprint density at radius 1 is 1.52 bits per heavy atom. The van der Waals surface area contributed by atoms with E-state index in [0.29, 0.717) is 10.9 Å². The zero-order valence-electron chi connectivity index (χ0n) is 12.7. The second-order valence-corrected chi connectivity index (χ2v) is 5.63. The van der Waals surface area contributed by atoms with Crippen LogP contribution in [0.1, 0.15) is 23.0 Å². The maximum absolute atomic E-state index is 13.6. The summed E-state index contributed by atoms with van der Waals surface area (Å²) >= 11 is 0. The zero-order valence-corrected chi connectivity index (χ0v) is 12.7. The first-order chi connectivity index (χ1) is 10.9. The summed E-state index contributed by atoms with van der Waals surface area (Å²) in [5.41, 5.74) is -0.658. The van der Waals surface area contributed by atoms with Crippen LogP contribution in [0.2, 0.25) is 0 Å². The van der Waals surface area contributed by atoms with E-state index in [-0.39, 0.29) is 17.9 Å². The van der Waals surface area contributed by atoms with Gasteiger partial charge in [-0.3, -0.25) is 9.48 Å². The fourth-order valence-corrected chi connectivity index (χ4v) is 2.28. The third-order valence-electron chi connectivity index (χ3n) is 3.64. The summed E-state index contributed by atoms with van der Waals surface area (Å²) in [5, 5.41) is 17.5. The van der Waals surface area contributed by atoms with Gasteiger partial charge in [0.25, 0.3) is 5.91 Å². The number of nitrogens with one attached hydrogen (secondary N) is 1. The zero-order chi connectivity index (χ0) is 16.6. The molecule has 6 nitrogen and oxygen atoms in total. The summed E-state index contributed by atoms with van der Waals surface area (Å²) in [4.78, 5) is 12.1. The van der Waals surface area contributed by atoms with Gasteiger partial charge < -0.3 is 14.8 Å². The molecule has 0 bridgehead atoms. The van der Waals surface area contributed by atoms with Gasteiger partial charge in [0.05, 0.1) is 12.7 Å². The van der Waals surface area contributed by atoms with Gasteiger partial charge in [-0.15, -0.1) is 0 Å². The van der Waals surface area contributed by atoms with E-state index in [0.717, 1.165) is 0 Å². The number of amides is 1. The van der Waals surface area contributed by atoms with Crippen LogP contribution in [0, 0.1) is 5.82 Å². The molecule has 1 aromatic carbocycles. The third kappa shape index (κ3) is 2.95. The standard InChI is InChI=1S/C16H16FN3O3/c1-16(22,11-7-19-20(2)8-11)9-18-15(21)13-6-10-4-3-5-12(17)14(10)23-13/h3-8,22H,9H2,1-2H3,(H,18,21)/t16-/m0/s1. The van der Waals surface area contributed by atoms with Gasteiger partial charge in [-0.05, 0) is 19.1 Å². The van der Waals surface area contributed by atoms with E-state index in [1.165, 1.54) is 18.3 Å². The minimum Gasteiger partial charge on any atom is -0.448 e. The second kappa shape index (κ2) is 5.51. The molecule has 23 heavy (non-hydrogen) atoms. The summed E-state index contributed by atoms with van der Waals surface area (Å²) in [6.45, 7) is 1.54. The number of nitrogens with zero attached hydrogens (tertiary/aromatic N) is 2. The molecule has 2 N–H and O–H groups in total. The highest BCUT2D eigenvalue weighted by Crippen LogP contribution is 2.23. The van der Waals surface area contributed by atoms with Crippen molar-refractivity contribution in [1.29, 1.82) is 0 Å². The van der Waals surface area contributed by atoms with Crippen LogP contribution in [0.5, 0.6) is 0 Å². The molecular formula is C16H16FN3O3. The normalized spacial score (nSPS) is 13.9. The third-order valence-corrected chi connectivity index (χ3v) is 3.64. The molecule has 0 saturated heterocycles. The number of para-hydroxylation sites is 1. The van der Waals surface area contributed by atoms with Gasteiger partial charge in [-0.1, -0.05) is 12.1 Å². The minimum atomic E-state index is -1.28. The van der Waals surface area contributed by atoms with E-state index in [9.17, 15) is 14.3 Å². The van der Waals surface area contributed by atoms with Crippen LogP contribution < -0.4 is 5.32 Å². The monoisotopic (exact) mass is 317 g/mol. The molecule has 3 rings (SSSR count). The van der Waals surface area contributed by atoms with Crippen molar-refractivity contribution in [3.63, 3.8) is 0 Å². The summed E-state index contributed by atoms with van der Waals surface area (Å²) in [7, 11) is 1.74. The average Bonchev–Trinajstić information content (AvgIpc) is 3.12. The highest BCUT2D eigenvalue weighted by atomic mass is 19.1. The molecule has 0 fully saturated rings. The van der Waals surface area contributed by atoms with Gasteiger partial charge >= 0.3 is 0 Å². The van der Waals surface area contributed by atoms with Gasteiger partial charge in [0, 0.05) is 24.2 Å². The Labute approximate surface area is 131 Å². The van der Waals surface area contributed by atoms with Crippen LogP contribution in [0.4, 0.5) is 4.39 Å². The second-order valence-electron chi connectivity index (χ2n) is 5.63. The summed E-state index contributed by atoms with van der Waals surface area (Å²) < 4.78 is 20.4. The lowest BCUT2D eigenvalue weighted by Gasteiger charge is -2.21. The molecular weight excluding hydrogens is 301 g/mol. The molecule has 2 aromatic heterocycles. The molecule has 1 amide bonds. The van der Waals surface area contributed by atoms with E-state index in [1.807, 2.05) is 0 Å². The number of hydrogen-bond acceptors (Lipinski definition) is 4. The molecule has 1 atom stereocenters. The first-order valence-electron chi connectivity index (χ1n) is 7.04. The van der Waals surface area contributed by atoms with E-state index in [4.69, 9.17) is 4.42 Å². The Balaban J connectivity index is 1.74. The number of aryl methyl sites for hydroxylation is 1. The number of aliphatic hydroxyl groups is 1. The fraction of sp³-hybridized carbons (Fsp3) is 0.250. The number of furan rings is 1. The Bertz CT molecular complexity index is 866. The molecule has 2 heterocycles. The van der Waals surface area contributed by atoms with Gasteiger partial charge in [-0.2, -0.15) is 5.10 Å². The average molecular weight is 317 g/mol. The van der Waals surface area contributed by atoms with Crippen molar-refractivity contribution < 1.29 is 18.7 Å². The lowest BCUT2D eigenvalue weighted by molar-refractivity contribution is 0.0518. The van der Waals surface area contributed by atoms with E-state index < -0.39 is 17.3 Å². The van der Waals surface area contributed by atoms with Crippen molar-refractivity contribution in [2.24, 2.45) is 7.05 Å². The van der Waals surface area contributed by atoms with E-state index in [2.05, 4.69) is 10.4 Å². The smallest absolute Gasteiger partial charge is 0.287 e. The molecule has 0 aliphatic heterocycles. The van der Waals surface area contributed by atoms with Crippen LogP contribution in [-0.4, -0.2) is 27.3 Å². The molecule has 0 aliphatic carbocycles. The largest absolute Gasteiger partial charge is 0.448 e. The van der Waals surface area contributed by atoms with Crippen LogP contribution >= 0.6 is 0 Å². The molecule has 0 unspecified atom stereocenters. The van der Waals surface area contributed by atoms with Crippen LogP contribution in [0.25, 0.3) is 11.0 Å². The molecule has 0 saturated carbocycles. The maximum atomic E-state index is 13.6. The lowest BCUT2D eigenvalue weighted by Crippen LogP contribution is -2.38. The highest BCUT2D eigenvalue weighted by molar-refractivity contribution is 5.96. The predicted molar refractivity (Wildman–Crippen MR) is 81.3 cm³/mol. The molecule has 3 aromatic rings. The van der Waals surface area contributed by atoms with Crippen LogP contribution in [0.3, 0.4) is 0 Å². The predicted octanol–water partition coefficient (Wildman–Crippen LogP) is 1.94. The molecule has 120 valence electrons. The molecule has 0 radical (unpaired) electrons. The number of carbonyl (C=O) groups excluding carboxylic acids is 1. The maximum Gasteiger partial charge on any atom is 0.287 e. The van der Waals surface area contributed by atoms with Crippen molar-refractivity contribution in [2.45, 2.75) is 12.5 Å². The van der Waals surface area contributed by atoms with Gasteiger partial charge in [-0.25, -0.2) is 4.39 Å². The number of benzene rings is 1. The number of aromatic nitrogens is 2. The quantitative estimate of drug-likeness (QED) is 0.770. The van der Waals surface area contributed by atoms with Crippen LogP contribution in [-0.2, 0) is 12.6 Å². The van der Waals surface area contributed by atoms with Gasteiger partial charge in [0.2, 0.25) is 0 Å². The van der Waals surface area contributed by atoms with Crippen molar-refractivity contribution in [3.8, 4) is 0 Å². The van der Waals surface area contributed by atoms with Crippen molar-refractivity contribution in [2.75, 3.05) is 6.54 Å². The SMILES string of the molecule is Cn1cc([C@@](C)(O)CNC(=O)c2cc3cccc(F)c3o2)cn1. The van der Waals surface area contributed by atoms with Crippen molar-refractivity contribution in [1.82, 2.24) is 15.1 Å². The highest BCUT2D eigenvalue weighted by Gasteiger charge is 2.26. The minimum absolute atomic E-state index is 0.00733. The van der Waals surface area contributed by atoms with Gasteiger partial charge in [0.15, 0.2) is 17.2 Å². The molecule has 7 heteroatoms. The van der Waals surface area contributed by atoms with E-state index >= 15 is 0 Å². The summed E-state index contributed by atoms with van der Waals surface area (Å²) in [6, 6.07) is 5.93. The summed E-state index contributed by atoms with van der Waals surface area (Å²) in [6.07, 6.45) is 3.20. The first-order valence-corrected chi connectivity index (χ1v) is 7.04. The number of hydrogen-bond donors (Lipinski definition) is 2. The number of halogens is 1. The van der Waals surface area contributed by atoms with Crippen LogP contribution in [0.15, 0.2) is 41.1 Å². The first kappa shape index (κ1) is 15.2. The van der Waals surface area contributed by atoms with E-state index in [1.54, 1.807) is 37.0 Å². The van der Waals surface area contributed by atoms with Crippen molar-refractivity contribution >= 4 is 16.9 Å². The fourth-order valence-electron chi connectivity index (χ4n) is 2.28. The number of fused-ring (bicyclic) bond motifs is 1. The van der Waals surface area contributed by atoms with Gasteiger partial charge in [0.1, 0.15) is 5.60 Å². The number of rotatable bonds is 4. The molecule has 0 aliphatic rings.